The van der Waals surface area contributed by atoms with E-state index in [4.69, 9.17) is 7.85 Å². The zero-order chi connectivity index (χ0) is 9.84. The van der Waals surface area contributed by atoms with Crippen LogP contribution < -0.4 is 10.8 Å². The molecule has 6 heteroatoms. The first-order chi connectivity index (χ1) is 6.16. The van der Waals surface area contributed by atoms with E-state index in [-0.39, 0.29) is 11.2 Å². The predicted molar refractivity (Wildman–Crippen MR) is 50.4 cm³/mol. The van der Waals surface area contributed by atoms with E-state index in [2.05, 4.69) is 10.3 Å². The lowest BCUT2D eigenvalue weighted by molar-refractivity contribution is -0.384. The van der Waals surface area contributed by atoms with Crippen molar-refractivity contribution < 1.29 is 4.92 Å². The van der Waals surface area contributed by atoms with E-state index >= 15 is 0 Å². The molecule has 0 spiro atoms. The van der Waals surface area contributed by atoms with Crippen LogP contribution in [0.1, 0.15) is 6.92 Å². The molecule has 0 saturated heterocycles. The Morgan fingerprint density at radius 1 is 1.69 bits per heavy atom. The number of aromatic nitrogens is 1. The fourth-order valence-electron chi connectivity index (χ4n) is 0.973. The highest BCUT2D eigenvalue weighted by Crippen LogP contribution is 2.18. The second-order valence-electron chi connectivity index (χ2n) is 2.41. The molecule has 0 unspecified atom stereocenters. The van der Waals surface area contributed by atoms with Gasteiger partial charge in [-0.25, -0.2) is 0 Å². The fraction of sp³-hybridized carbons (Fsp3) is 0.286. The van der Waals surface area contributed by atoms with Gasteiger partial charge < -0.3 is 5.32 Å². The van der Waals surface area contributed by atoms with Gasteiger partial charge in [-0.1, -0.05) is 0 Å². The van der Waals surface area contributed by atoms with Crippen molar-refractivity contribution in [3.8, 4) is 0 Å². The lowest BCUT2D eigenvalue weighted by Crippen LogP contribution is -2.15. The maximum Gasteiger partial charge on any atom is 0.309 e. The Labute approximate surface area is 76.7 Å². The van der Waals surface area contributed by atoms with Crippen LogP contribution in [0.3, 0.4) is 0 Å². The smallest absolute Gasteiger partial charge is 0.309 e. The number of rotatable bonds is 3. The summed E-state index contributed by atoms with van der Waals surface area (Å²) >= 11 is 0. The second-order valence-corrected chi connectivity index (χ2v) is 2.41. The number of anilines is 1. The molecule has 0 aromatic carbocycles. The Bertz CT molecular complexity index is 330. The summed E-state index contributed by atoms with van der Waals surface area (Å²) in [6, 6.07) is 0. The van der Waals surface area contributed by atoms with Crippen molar-refractivity contribution in [2.24, 2.45) is 0 Å². The van der Waals surface area contributed by atoms with E-state index in [9.17, 15) is 10.1 Å². The van der Waals surface area contributed by atoms with Crippen molar-refractivity contribution >= 4 is 24.7 Å². The molecule has 0 saturated carbocycles. The Morgan fingerprint density at radius 3 is 2.92 bits per heavy atom. The van der Waals surface area contributed by atoms with Crippen molar-refractivity contribution in [3.05, 3.63) is 22.5 Å². The second kappa shape index (κ2) is 3.89. The molecule has 2 radical (unpaired) electrons. The molecule has 0 aliphatic rings. The summed E-state index contributed by atoms with van der Waals surface area (Å²) in [4.78, 5) is 13.6. The third-order valence-electron chi connectivity index (χ3n) is 1.51. The van der Waals surface area contributed by atoms with E-state index in [1.807, 2.05) is 6.92 Å². The average molecular weight is 177 g/mol. The summed E-state index contributed by atoms with van der Waals surface area (Å²) in [6.45, 7) is 2.42. The maximum absolute atomic E-state index is 10.5. The predicted octanol–water partition coefficient (Wildman–Crippen LogP) is 0.215. The van der Waals surface area contributed by atoms with E-state index in [0.717, 1.165) is 0 Å². The molecule has 0 bridgehead atoms. The van der Waals surface area contributed by atoms with Gasteiger partial charge in [-0.3, -0.25) is 15.1 Å². The van der Waals surface area contributed by atoms with Gasteiger partial charge in [0.1, 0.15) is 19.7 Å². The van der Waals surface area contributed by atoms with Gasteiger partial charge in [-0.05, 0) is 12.4 Å². The van der Waals surface area contributed by atoms with Gasteiger partial charge in [0.2, 0.25) is 0 Å². The lowest BCUT2D eigenvalue weighted by atomic mass is 9.96. The van der Waals surface area contributed by atoms with E-state index in [0.29, 0.717) is 12.2 Å². The highest BCUT2D eigenvalue weighted by molar-refractivity contribution is 6.36. The van der Waals surface area contributed by atoms with Gasteiger partial charge in [0.25, 0.3) is 0 Å². The van der Waals surface area contributed by atoms with E-state index in [1.165, 1.54) is 12.4 Å². The molecular formula is C7H8BN3O2. The van der Waals surface area contributed by atoms with Crippen LogP contribution in [0.2, 0.25) is 0 Å². The van der Waals surface area contributed by atoms with Crippen LogP contribution in [0.25, 0.3) is 0 Å². The largest absolute Gasteiger partial charge is 0.380 e. The molecule has 1 rings (SSSR count). The zero-order valence-corrected chi connectivity index (χ0v) is 7.15. The van der Waals surface area contributed by atoms with Gasteiger partial charge >= 0.3 is 5.69 Å². The maximum atomic E-state index is 10.5. The van der Waals surface area contributed by atoms with Crippen LogP contribution in [0.5, 0.6) is 0 Å². The number of hydrogen-bond acceptors (Lipinski definition) is 4. The quantitative estimate of drug-likeness (QED) is 0.407. The summed E-state index contributed by atoms with van der Waals surface area (Å²) in [5, 5.41) is 13.3. The number of nitrogens with zero attached hydrogens (tertiary/aromatic N) is 2. The van der Waals surface area contributed by atoms with Crippen molar-refractivity contribution in [1.82, 2.24) is 4.98 Å². The fourth-order valence-corrected chi connectivity index (χ4v) is 0.973. The number of pyridine rings is 1. The van der Waals surface area contributed by atoms with Gasteiger partial charge in [0, 0.05) is 12.7 Å². The van der Waals surface area contributed by atoms with Crippen molar-refractivity contribution in [2.75, 3.05) is 11.9 Å². The monoisotopic (exact) mass is 177 g/mol. The third kappa shape index (κ3) is 1.96. The molecular weight excluding hydrogens is 169 g/mol. The van der Waals surface area contributed by atoms with Crippen LogP contribution in [0, 0.1) is 10.1 Å². The highest BCUT2D eigenvalue weighted by atomic mass is 16.6. The minimum absolute atomic E-state index is 0.0955. The van der Waals surface area contributed by atoms with Crippen molar-refractivity contribution in [3.63, 3.8) is 0 Å². The Kier molecular flexibility index (Phi) is 2.84. The molecule has 1 aromatic heterocycles. The van der Waals surface area contributed by atoms with Crippen LogP contribution >= 0.6 is 0 Å². The van der Waals surface area contributed by atoms with Crippen molar-refractivity contribution in [2.45, 2.75) is 6.92 Å². The summed E-state index contributed by atoms with van der Waals surface area (Å²) in [5.74, 6) is 0. The van der Waals surface area contributed by atoms with Crippen LogP contribution in [-0.2, 0) is 0 Å². The summed E-state index contributed by atoms with van der Waals surface area (Å²) in [7, 11) is 5.52. The first kappa shape index (κ1) is 9.50. The Morgan fingerprint density at radius 2 is 2.38 bits per heavy atom. The van der Waals surface area contributed by atoms with E-state index < -0.39 is 4.92 Å². The van der Waals surface area contributed by atoms with E-state index in [1.54, 1.807) is 0 Å². The van der Waals surface area contributed by atoms with Crippen LogP contribution in [0.4, 0.5) is 11.4 Å². The normalized spacial score (nSPS) is 9.62. The molecule has 0 fully saturated rings. The van der Waals surface area contributed by atoms with Crippen LogP contribution in [-0.4, -0.2) is 24.3 Å². The Hall–Kier alpha value is -1.59. The van der Waals surface area contributed by atoms with Gasteiger partial charge in [0.15, 0.2) is 0 Å². The molecule has 1 N–H and O–H groups in total. The average Bonchev–Trinajstić information content (AvgIpc) is 2.08. The minimum Gasteiger partial charge on any atom is -0.380 e. The first-order valence-electron chi connectivity index (χ1n) is 3.78. The van der Waals surface area contributed by atoms with Gasteiger partial charge in [0.05, 0.1) is 4.92 Å². The first-order valence-corrected chi connectivity index (χ1v) is 3.78. The van der Waals surface area contributed by atoms with Crippen molar-refractivity contribution in [1.29, 1.82) is 0 Å². The van der Waals surface area contributed by atoms with Crippen LogP contribution in [0.15, 0.2) is 12.4 Å². The van der Waals surface area contributed by atoms with Gasteiger partial charge in [-0.2, -0.15) is 0 Å². The minimum atomic E-state index is -0.513. The summed E-state index contributed by atoms with van der Waals surface area (Å²) < 4.78 is 0. The highest BCUT2D eigenvalue weighted by Gasteiger charge is 2.14. The molecule has 1 heterocycles. The molecule has 0 atom stereocenters. The Balaban J connectivity index is 3.17. The molecule has 0 aliphatic heterocycles. The topological polar surface area (TPSA) is 68.1 Å². The summed E-state index contributed by atoms with van der Waals surface area (Å²) in [5.41, 5.74) is 0.528. The molecule has 0 amide bonds. The number of nitro groups is 1. The molecule has 1 aromatic rings. The SMILES string of the molecule is [B]c1cncc([N+](=O)[O-])c1NCC. The molecule has 66 valence electrons. The number of nitrogens with one attached hydrogen (secondary N) is 1. The lowest BCUT2D eigenvalue weighted by Gasteiger charge is -2.06. The molecule has 0 aliphatic carbocycles. The standard InChI is InChI=1S/C7H8BN3O2/c1-2-10-7-5(8)3-9-4-6(7)11(12)13/h3-4H,2H2,1H3,(H,9,10). The molecule has 5 nitrogen and oxygen atoms in total. The van der Waals surface area contributed by atoms with Gasteiger partial charge in [-0.15, -0.1) is 0 Å². The third-order valence-corrected chi connectivity index (χ3v) is 1.51. The zero-order valence-electron chi connectivity index (χ0n) is 7.15. The molecule has 13 heavy (non-hydrogen) atoms. The number of hydrogen-bond donors (Lipinski definition) is 1. The summed E-state index contributed by atoms with van der Waals surface area (Å²) in [6.07, 6.45) is 2.55.